The molecule has 0 amide bonds. The first-order valence-electron chi connectivity index (χ1n) is 7.28. The molecular weight excluding hydrogens is 240 g/mol. The van der Waals surface area contributed by atoms with Crippen LogP contribution in [0.25, 0.3) is 0 Å². The molecule has 0 aromatic carbocycles. The van der Waals surface area contributed by atoms with E-state index < -0.39 is 0 Å². The van der Waals surface area contributed by atoms with Gasteiger partial charge in [-0.1, -0.05) is 25.8 Å². The van der Waals surface area contributed by atoms with Crippen LogP contribution in [0.5, 0.6) is 0 Å². The first-order valence-corrected chi connectivity index (χ1v) is 7.28. The van der Waals surface area contributed by atoms with Crippen molar-refractivity contribution in [3.63, 3.8) is 0 Å². The molecule has 3 heteroatoms. The molecule has 2 fully saturated rings. The minimum Gasteiger partial charge on any atom is -0.466 e. The SMILES string of the molecule is COC(=O)/C=C/CC12CCCCC1(C)CCC(=O)C2. The van der Waals surface area contributed by atoms with Gasteiger partial charge in [0, 0.05) is 18.9 Å². The molecule has 2 rings (SSSR count). The first-order chi connectivity index (χ1) is 9.01. The summed E-state index contributed by atoms with van der Waals surface area (Å²) in [5.74, 6) is 0.0851. The minimum atomic E-state index is -0.309. The molecule has 2 aliphatic carbocycles. The van der Waals surface area contributed by atoms with E-state index in [1.165, 1.54) is 32.4 Å². The Hall–Kier alpha value is -1.12. The summed E-state index contributed by atoms with van der Waals surface area (Å²) in [5.41, 5.74) is 0.338. The van der Waals surface area contributed by atoms with Crippen molar-refractivity contribution in [1.82, 2.24) is 0 Å². The fourth-order valence-electron chi connectivity index (χ4n) is 3.99. The number of hydrogen-bond donors (Lipinski definition) is 0. The summed E-state index contributed by atoms with van der Waals surface area (Å²) < 4.78 is 4.63. The Kier molecular flexibility index (Phi) is 4.12. The second kappa shape index (κ2) is 5.48. The van der Waals surface area contributed by atoms with Gasteiger partial charge < -0.3 is 4.74 Å². The minimum absolute atomic E-state index is 0.0745. The Morgan fingerprint density at radius 3 is 2.79 bits per heavy atom. The van der Waals surface area contributed by atoms with E-state index in [1.807, 2.05) is 6.08 Å². The van der Waals surface area contributed by atoms with Gasteiger partial charge >= 0.3 is 5.97 Å². The van der Waals surface area contributed by atoms with Gasteiger partial charge in [-0.25, -0.2) is 4.79 Å². The van der Waals surface area contributed by atoms with Gasteiger partial charge in [0.15, 0.2) is 0 Å². The van der Waals surface area contributed by atoms with Crippen LogP contribution in [0.2, 0.25) is 0 Å². The molecule has 2 saturated carbocycles. The highest BCUT2D eigenvalue weighted by Gasteiger charge is 2.51. The number of carbonyl (C=O) groups excluding carboxylic acids is 2. The number of Topliss-reactive ketones (excluding diaryl/α,β-unsaturated/α-hetero) is 1. The van der Waals surface area contributed by atoms with Crippen molar-refractivity contribution < 1.29 is 14.3 Å². The van der Waals surface area contributed by atoms with Crippen molar-refractivity contribution in [1.29, 1.82) is 0 Å². The van der Waals surface area contributed by atoms with Crippen LogP contribution in [-0.4, -0.2) is 18.9 Å². The smallest absolute Gasteiger partial charge is 0.330 e. The third-order valence-corrected chi connectivity index (χ3v) is 5.37. The van der Waals surface area contributed by atoms with Crippen molar-refractivity contribution in [3.8, 4) is 0 Å². The molecular formula is C16H24O3. The van der Waals surface area contributed by atoms with Crippen LogP contribution in [0.1, 0.15) is 58.3 Å². The number of methoxy groups -OCH3 is 1. The van der Waals surface area contributed by atoms with Gasteiger partial charge in [-0.05, 0) is 36.5 Å². The maximum Gasteiger partial charge on any atom is 0.330 e. The lowest BCUT2D eigenvalue weighted by Gasteiger charge is -2.54. The summed E-state index contributed by atoms with van der Waals surface area (Å²) in [5, 5.41) is 0. The van der Waals surface area contributed by atoms with E-state index in [1.54, 1.807) is 0 Å². The summed E-state index contributed by atoms with van der Waals surface area (Å²) in [7, 11) is 1.39. The highest BCUT2D eigenvalue weighted by atomic mass is 16.5. The summed E-state index contributed by atoms with van der Waals surface area (Å²) in [4.78, 5) is 23.1. The van der Waals surface area contributed by atoms with Crippen LogP contribution in [0.3, 0.4) is 0 Å². The van der Waals surface area contributed by atoms with Gasteiger partial charge in [-0.3, -0.25) is 4.79 Å². The number of ether oxygens (including phenoxy) is 1. The average molecular weight is 264 g/mol. The van der Waals surface area contributed by atoms with E-state index in [2.05, 4.69) is 11.7 Å². The Morgan fingerprint density at radius 2 is 2.05 bits per heavy atom. The highest BCUT2D eigenvalue weighted by Crippen LogP contribution is 2.59. The van der Waals surface area contributed by atoms with Gasteiger partial charge in [0.25, 0.3) is 0 Å². The quantitative estimate of drug-likeness (QED) is 0.579. The highest BCUT2D eigenvalue weighted by molar-refractivity contribution is 5.82. The van der Waals surface area contributed by atoms with Gasteiger partial charge in [-0.2, -0.15) is 0 Å². The number of fused-ring (bicyclic) bond motifs is 1. The van der Waals surface area contributed by atoms with E-state index >= 15 is 0 Å². The Balaban J connectivity index is 2.16. The molecule has 3 nitrogen and oxygen atoms in total. The topological polar surface area (TPSA) is 43.4 Å². The largest absolute Gasteiger partial charge is 0.466 e. The number of allylic oxidation sites excluding steroid dienone is 1. The zero-order chi connectivity index (χ0) is 13.9. The van der Waals surface area contributed by atoms with E-state index in [0.29, 0.717) is 12.2 Å². The lowest BCUT2D eigenvalue weighted by molar-refractivity contribution is -0.134. The first kappa shape index (κ1) is 14.3. The Morgan fingerprint density at radius 1 is 1.32 bits per heavy atom. The zero-order valence-electron chi connectivity index (χ0n) is 12.0. The van der Waals surface area contributed by atoms with Gasteiger partial charge in [0.2, 0.25) is 0 Å². The molecule has 0 N–H and O–H groups in total. The van der Waals surface area contributed by atoms with Crippen molar-refractivity contribution in [2.24, 2.45) is 10.8 Å². The fourth-order valence-corrected chi connectivity index (χ4v) is 3.99. The predicted molar refractivity (Wildman–Crippen MR) is 73.6 cm³/mol. The van der Waals surface area contributed by atoms with Gasteiger partial charge in [0.05, 0.1) is 7.11 Å². The molecule has 0 aromatic rings. The Bertz CT molecular complexity index is 399. The molecule has 0 saturated heterocycles. The fraction of sp³-hybridized carbons (Fsp3) is 0.750. The standard InChI is InChI=1S/C16H24O3/c1-15-8-3-4-9-16(15,12-13(17)7-11-15)10-5-6-14(18)19-2/h5-6H,3-4,7-12H2,1-2H3/b6-5+. The van der Waals surface area contributed by atoms with Gasteiger partial charge in [0.1, 0.15) is 5.78 Å². The number of hydrogen-bond acceptors (Lipinski definition) is 3. The normalized spacial score (nSPS) is 35.2. The summed E-state index contributed by atoms with van der Waals surface area (Å²) in [6.07, 6.45) is 11.5. The monoisotopic (exact) mass is 264 g/mol. The average Bonchev–Trinajstić information content (AvgIpc) is 2.39. The van der Waals surface area contributed by atoms with Crippen molar-refractivity contribution >= 4 is 11.8 Å². The Labute approximate surface area is 115 Å². The second-order valence-electron chi connectivity index (χ2n) is 6.39. The molecule has 0 aliphatic heterocycles. The van der Waals surface area contributed by atoms with Crippen LogP contribution >= 0.6 is 0 Å². The van der Waals surface area contributed by atoms with E-state index in [-0.39, 0.29) is 16.8 Å². The van der Waals surface area contributed by atoms with E-state index in [0.717, 1.165) is 25.7 Å². The number of rotatable bonds is 3. The van der Waals surface area contributed by atoms with Crippen molar-refractivity contribution in [2.45, 2.75) is 58.3 Å². The molecule has 2 unspecified atom stereocenters. The molecule has 106 valence electrons. The number of esters is 1. The third kappa shape index (κ3) is 2.75. The van der Waals surface area contributed by atoms with Crippen LogP contribution in [0.4, 0.5) is 0 Å². The molecule has 19 heavy (non-hydrogen) atoms. The van der Waals surface area contributed by atoms with Crippen molar-refractivity contribution in [2.75, 3.05) is 7.11 Å². The van der Waals surface area contributed by atoms with Gasteiger partial charge in [-0.15, -0.1) is 0 Å². The van der Waals surface area contributed by atoms with Crippen LogP contribution in [0.15, 0.2) is 12.2 Å². The molecule has 0 spiro atoms. The molecule has 0 heterocycles. The van der Waals surface area contributed by atoms with Crippen molar-refractivity contribution in [3.05, 3.63) is 12.2 Å². The molecule has 0 radical (unpaired) electrons. The molecule has 0 aromatic heterocycles. The molecule has 2 aliphatic rings. The maximum atomic E-state index is 11.9. The third-order valence-electron chi connectivity index (χ3n) is 5.37. The summed E-state index contributed by atoms with van der Waals surface area (Å²) in [6.45, 7) is 2.34. The molecule has 2 atom stereocenters. The zero-order valence-corrected chi connectivity index (χ0v) is 12.0. The van der Waals surface area contributed by atoms with Crippen LogP contribution < -0.4 is 0 Å². The number of carbonyl (C=O) groups is 2. The lowest BCUT2D eigenvalue weighted by atomic mass is 9.49. The summed E-state index contributed by atoms with van der Waals surface area (Å²) in [6, 6.07) is 0. The van der Waals surface area contributed by atoms with Crippen LogP contribution in [-0.2, 0) is 14.3 Å². The summed E-state index contributed by atoms with van der Waals surface area (Å²) >= 11 is 0. The predicted octanol–water partition coefficient (Wildman–Crippen LogP) is 3.43. The lowest BCUT2D eigenvalue weighted by Crippen LogP contribution is -2.47. The van der Waals surface area contributed by atoms with E-state index in [9.17, 15) is 9.59 Å². The van der Waals surface area contributed by atoms with E-state index in [4.69, 9.17) is 0 Å². The maximum absolute atomic E-state index is 11.9. The second-order valence-corrected chi connectivity index (χ2v) is 6.39. The number of ketones is 1. The van der Waals surface area contributed by atoms with Crippen LogP contribution in [0, 0.1) is 10.8 Å². The molecule has 0 bridgehead atoms.